The minimum absolute atomic E-state index is 0.0551. The predicted octanol–water partition coefficient (Wildman–Crippen LogP) is 5.68. The van der Waals surface area contributed by atoms with E-state index in [1.165, 1.54) is 16.5 Å². The van der Waals surface area contributed by atoms with Crippen LogP contribution < -0.4 is 10.6 Å². The molecule has 0 saturated heterocycles. The number of H-pyrrole nitrogens is 1. The number of urea groups is 1. The molecule has 4 rings (SSSR count). The molecule has 0 aliphatic heterocycles. The summed E-state index contributed by atoms with van der Waals surface area (Å²) in [6, 6.07) is 26.3. The number of hydrogen-bond donors (Lipinski definition) is 3. The SMILES string of the molecule is CCc1ccccc1NC(=O)NC[C@H](c1ccccc1)c1c[nH]c2ccccc12. The fourth-order valence-corrected chi connectivity index (χ4v) is 3.79. The zero-order valence-electron chi connectivity index (χ0n) is 16.5. The Labute approximate surface area is 171 Å². The summed E-state index contributed by atoms with van der Waals surface area (Å²) >= 11 is 0. The highest BCUT2D eigenvalue weighted by Gasteiger charge is 2.19. The predicted molar refractivity (Wildman–Crippen MR) is 119 cm³/mol. The summed E-state index contributed by atoms with van der Waals surface area (Å²) in [6.07, 6.45) is 2.92. The van der Waals surface area contributed by atoms with Crippen LogP contribution in [0.5, 0.6) is 0 Å². The van der Waals surface area contributed by atoms with Gasteiger partial charge in [0, 0.05) is 35.2 Å². The molecule has 0 unspecified atom stereocenters. The third kappa shape index (κ3) is 4.16. The number of hydrogen-bond acceptors (Lipinski definition) is 1. The average Bonchev–Trinajstić information content (AvgIpc) is 3.19. The Kier molecular flexibility index (Phi) is 5.61. The molecule has 4 nitrogen and oxygen atoms in total. The van der Waals surface area contributed by atoms with Crippen molar-refractivity contribution in [1.82, 2.24) is 10.3 Å². The third-order valence-electron chi connectivity index (χ3n) is 5.31. The molecule has 1 heterocycles. The second-order valence-corrected chi connectivity index (χ2v) is 7.10. The second kappa shape index (κ2) is 8.65. The van der Waals surface area contributed by atoms with E-state index in [4.69, 9.17) is 0 Å². The molecular formula is C25H25N3O. The Hall–Kier alpha value is -3.53. The average molecular weight is 383 g/mol. The number of carbonyl (C=O) groups is 1. The van der Waals surface area contributed by atoms with E-state index in [2.05, 4.69) is 46.8 Å². The van der Waals surface area contributed by atoms with Crippen LogP contribution in [0.25, 0.3) is 10.9 Å². The molecule has 0 spiro atoms. The second-order valence-electron chi connectivity index (χ2n) is 7.10. The maximum atomic E-state index is 12.6. The summed E-state index contributed by atoms with van der Waals surface area (Å²) < 4.78 is 0. The first kappa shape index (κ1) is 18.8. The number of nitrogens with one attached hydrogen (secondary N) is 3. The summed E-state index contributed by atoms with van der Waals surface area (Å²) in [5.74, 6) is 0.0551. The van der Waals surface area contributed by atoms with Crippen LogP contribution in [0.4, 0.5) is 10.5 Å². The summed E-state index contributed by atoms with van der Waals surface area (Å²) in [6.45, 7) is 2.59. The number of fused-ring (bicyclic) bond motifs is 1. The molecule has 0 radical (unpaired) electrons. The molecule has 0 aliphatic carbocycles. The molecule has 0 aliphatic rings. The molecule has 1 atom stereocenters. The highest BCUT2D eigenvalue weighted by Crippen LogP contribution is 2.30. The van der Waals surface area contributed by atoms with Crippen molar-refractivity contribution in [3.8, 4) is 0 Å². The molecule has 4 aromatic rings. The Bertz CT molecular complexity index is 1100. The van der Waals surface area contributed by atoms with Crippen molar-refractivity contribution < 1.29 is 4.79 Å². The fraction of sp³-hybridized carbons (Fsp3) is 0.160. The standard InChI is InChI=1S/C25H25N3O/c1-2-18-10-6-8-14-23(18)28-25(29)27-16-21(19-11-4-3-5-12-19)22-17-26-24-15-9-7-13-20(22)24/h3-15,17,21,26H,2,16H2,1H3,(H2,27,28,29)/t21-/m1/s1. The van der Waals surface area contributed by atoms with Gasteiger partial charge in [0.1, 0.15) is 0 Å². The number of rotatable bonds is 6. The molecule has 4 heteroatoms. The summed E-state index contributed by atoms with van der Waals surface area (Å²) in [7, 11) is 0. The number of carbonyl (C=O) groups excluding carboxylic acids is 1. The highest BCUT2D eigenvalue weighted by molar-refractivity contribution is 5.90. The van der Waals surface area contributed by atoms with Crippen molar-refractivity contribution in [2.24, 2.45) is 0 Å². The number of anilines is 1. The highest BCUT2D eigenvalue weighted by atomic mass is 16.2. The van der Waals surface area contributed by atoms with E-state index in [1.807, 2.05) is 60.8 Å². The van der Waals surface area contributed by atoms with Gasteiger partial charge < -0.3 is 15.6 Å². The first-order chi connectivity index (χ1) is 14.3. The van der Waals surface area contributed by atoms with Crippen molar-refractivity contribution in [2.75, 3.05) is 11.9 Å². The molecule has 3 aromatic carbocycles. The Morgan fingerprint density at radius 1 is 0.931 bits per heavy atom. The van der Waals surface area contributed by atoms with E-state index in [1.54, 1.807) is 0 Å². The van der Waals surface area contributed by atoms with Gasteiger partial charge in [-0.2, -0.15) is 0 Å². The molecule has 2 amide bonds. The number of benzene rings is 3. The van der Waals surface area contributed by atoms with Gasteiger partial charge in [-0.05, 0) is 35.2 Å². The van der Waals surface area contributed by atoms with Gasteiger partial charge >= 0.3 is 6.03 Å². The van der Waals surface area contributed by atoms with Gasteiger partial charge in [0.15, 0.2) is 0 Å². The van der Waals surface area contributed by atoms with E-state index in [0.29, 0.717) is 6.54 Å². The smallest absolute Gasteiger partial charge is 0.319 e. The van der Waals surface area contributed by atoms with Crippen LogP contribution in [-0.2, 0) is 6.42 Å². The number of aromatic nitrogens is 1. The monoisotopic (exact) mass is 383 g/mol. The maximum Gasteiger partial charge on any atom is 0.319 e. The molecule has 146 valence electrons. The number of aryl methyl sites for hydroxylation is 1. The van der Waals surface area contributed by atoms with E-state index in [0.717, 1.165) is 23.2 Å². The molecule has 0 fully saturated rings. The van der Waals surface area contributed by atoms with Crippen LogP contribution in [-0.4, -0.2) is 17.6 Å². The summed E-state index contributed by atoms with van der Waals surface area (Å²) in [4.78, 5) is 16.0. The lowest BCUT2D eigenvalue weighted by Gasteiger charge is -2.19. The molecule has 3 N–H and O–H groups in total. The van der Waals surface area contributed by atoms with Gasteiger partial charge in [-0.25, -0.2) is 4.79 Å². The Morgan fingerprint density at radius 2 is 1.66 bits per heavy atom. The van der Waals surface area contributed by atoms with Gasteiger partial charge in [0.05, 0.1) is 0 Å². The lowest BCUT2D eigenvalue weighted by atomic mass is 9.91. The topological polar surface area (TPSA) is 56.9 Å². The quantitative estimate of drug-likeness (QED) is 0.394. The zero-order chi connectivity index (χ0) is 20.1. The number of amides is 2. The van der Waals surface area contributed by atoms with Crippen molar-refractivity contribution in [1.29, 1.82) is 0 Å². The van der Waals surface area contributed by atoms with Crippen molar-refractivity contribution in [3.63, 3.8) is 0 Å². The first-order valence-electron chi connectivity index (χ1n) is 10.00. The van der Waals surface area contributed by atoms with Gasteiger partial charge in [0.2, 0.25) is 0 Å². The third-order valence-corrected chi connectivity index (χ3v) is 5.31. The van der Waals surface area contributed by atoms with E-state index in [9.17, 15) is 4.79 Å². The molecule has 0 saturated carbocycles. The van der Waals surface area contributed by atoms with E-state index in [-0.39, 0.29) is 11.9 Å². The normalized spacial score (nSPS) is 11.9. The van der Waals surface area contributed by atoms with Crippen molar-refractivity contribution in [3.05, 3.63) is 102 Å². The van der Waals surface area contributed by atoms with Gasteiger partial charge in [-0.1, -0.05) is 73.7 Å². The molecule has 29 heavy (non-hydrogen) atoms. The van der Waals surface area contributed by atoms with Crippen molar-refractivity contribution in [2.45, 2.75) is 19.3 Å². The van der Waals surface area contributed by atoms with Crippen LogP contribution in [0, 0.1) is 0 Å². The Morgan fingerprint density at radius 3 is 2.48 bits per heavy atom. The number of aromatic amines is 1. The van der Waals surface area contributed by atoms with Crippen molar-refractivity contribution >= 4 is 22.6 Å². The summed E-state index contributed by atoms with van der Waals surface area (Å²) in [5, 5.41) is 7.24. The molecular weight excluding hydrogens is 358 g/mol. The van der Waals surface area contributed by atoms with Gasteiger partial charge in [0.25, 0.3) is 0 Å². The lowest BCUT2D eigenvalue weighted by Crippen LogP contribution is -2.33. The molecule has 0 bridgehead atoms. The zero-order valence-corrected chi connectivity index (χ0v) is 16.5. The number of para-hydroxylation sites is 2. The van der Waals surface area contributed by atoms with Crippen LogP contribution in [0.1, 0.15) is 29.5 Å². The van der Waals surface area contributed by atoms with Gasteiger partial charge in [-0.15, -0.1) is 0 Å². The van der Waals surface area contributed by atoms with E-state index >= 15 is 0 Å². The minimum Gasteiger partial charge on any atom is -0.361 e. The van der Waals surface area contributed by atoms with Gasteiger partial charge in [-0.3, -0.25) is 0 Å². The van der Waals surface area contributed by atoms with E-state index < -0.39 is 0 Å². The maximum absolute atomic E-state index is 12.6. The first-order valence-corrected chi connectivity index (χ1v) is 10.00. The fourth-order valence-electron chi connectivity index (χ4n) is 3.79. The minimum atomic E-state index is -0.188. The van der Waals surface area contributed by atoms with Crippen LogP contribution in [0.3, 0.4) is 0 Å². The Balaban J connectivity index is 1.56. The molecule has 1 aromatic heterocycles. The summed E-state index contributed by atoms with van der Waals surface area (Å²) in [5.41, 5.74) is 5.44. The largest absolute Gasteiger partial charge is 0.361 e. The van der Waals surface area contributed by atoms with Crippen LogP contribution in [0.15, 0.2) is 85.1 Å². The van der Waals surface area contributed by atoms with Crippen LogP contribution in [0.2, 0.25) is 0 Å². The van der Waals surface area contributed by atoms with Crippen LogP contribution >= 0.6 is 0 Å². The lowest BCUT2D eigenvalue weighted by molar-refractivity contribution is 0.252.